The highest BCUT2D eigenvalue weighted by Crippen LogP contribution is 2.27. The Balaban J connectivity index is 2.14. The molecule has 0 aliphatic heterocycles. The van der Waals surface area contributed by atoms with E-state index < -0.39 is 35.3 Å². The van der Waals surface area contributed by atoms with Crippen molar-refractivity contribution in [1.29, 1.82) is 0 Å². The minimum Gasteiger partial charge on any atom is -0.394 e. The lowest BCUT2D eigenvalue weighted by molar-refractivity contribution is -0.114. The average Bonchev–Trinajstić information content (AvgIpc) is 2.90. The smallest absolute Gasteiger partial charge is 0.336 e. The molecule has 0 unspecified atom stereocenters. The Labute approximate surface area is 227 Å². The third-order valence-corrected chi connectivity index (χ3v) is 6.59. The van der Waals surface area contributed by atoms with Gasteiger partial charge in [0.05, 0.1) is 29.6 Å². The molecule has 1 amide bonds. The number of rotatable bonds is 8. The van der Waals surface area contributed by atoms with E-state index in [9.17, 15) is 33.8 Å². The fraction of sp³-hybridized carbons (Fsp3) is 0.286. The quantitative estimate of drug-likeness (QED) is 0.262. The maximum atomic E-state index is 14.9. The van der Waals surface area contributed by atoms with Crippen LogP contribution < -0.4 is 27.4 Å². The first kappa shape index (κ1) is 28.5. The molecule has 1 atom stereocenters. The number of amides is 1. The molecule has 4 N–H and O–H groups in total. The minimum atomic E-state index is -1.18. The van der Waals surface area contributed by atoms with Crippen LogP contribution in [0.3, 0.4) is 0 Å². The van der Waals surface area contributed by atoms with Crippen LogP contribution in [0.5, 0.6) is 0 Å². The van der Waals surface area contributed by atoms with Crippen LogP contribution in [0.1, 0.15) is 24.5 Å². The lowest BCUT2D eigenvalue weighted by Gasteiger charge is -2.21. The number of aliphatic hydroxyl groups is 2. The highest BCUT2D eigenvalue weighted by molar-refractivity contribution is 5.94. The molecule has 0 bridgehead atoms. The first-order chi connectivity index (χ1) is 18.9. The Hall–Kier alpha value is -4.55. The van der Waals surface area contributed by atoms with Crippen molar-refractivity contribution in [3.63, 3.8) is 0 Å². The van der Waals surface area contributed by atoms with E-state index in [1.54, 1.807) is 31.2 Å². The van der Waals surface area contributed by atoms with Crippen molar-refractivity contribution in [2.45, 2.75) is 39.8 Å². The first-order valence-corrected chi connectivity index (χ1v) is 12.5. The fourth-order valence-corrected chi connectivity index (χ4v) is 4.57. The monoisotopic (exact) mass is 551 g/mol. The predicted octanol–water partition coefficient (Wildman–Crippen LogP) is 2.05. The Bertz CT molecular complexity index is 1810. The Kier molecular flexibility index (Phi) is 8.03. The number of carbonyl (C=O) groups excluding carboxylic acids is 1. The van der Waals surface area contributed by atoms with E-state index in [4.69, 9.17) is 0 Å². The van der Waals surface area contributed by atoms with E-state index in [2.05, 4.69) is 10.6 Å². The number of aliphatic hydroxyl groups excluding tert-OH is 2. The summed E-state index contributed by atoms with van der Waals surface area (Å²) < 4.78 is 18.1. The number of anilines is 3. The molecule has 0 aliphatic carbocycles. The molecule has 4 rings (SSSR count). The summed E-state index contributed by atoms with van der Waals surface area (Å²) >= 11 is 0. The highest BCUT2D eigenvalue weighted by atomic mass is 19.1. The van der Waals surface area contributed by atoms with Crippen molar-refractivity contribution in [3.8, 4) is 5.69 Å². The number of nitrogens with zero attached hydrogens (tertiary/aromatic N) is 3. The Morgan fingerprint density at radius 3 is 2.45 bits per heavy atom. The second-order valence-electron chi connectivity index (χ2n) is 9.60. The standard InChI is InChI=1S/C28H30FN5O6/c1-15-8-9-22(21(29)12-15)31-25-23-24(16(2)26(38)32(25)4)34(19-7-5-6-18(13-19)30-17(3)36)28(40)33(27(23)39)11-10-20(37)14-35/h5-9,12-13,20,31,35,37H,10-11,14H2,1-4H3,(H,30,36)/t20-/m0/s1. The molecule has 2 heterocycles. The van der Waals surface area contributed by atoms with Crippen molar-refractivity contribution < 1.29 is 19.4 Å². The van der Waals surface area contributed by atoms with Crippen molar-refractivity contribution >= 4 is 34.0 Å². The van der Waals surface area contributed by atoms with Gasteiger partial charge in [-0.2, -0.15) is 0 Å². The van der Waals surface area contributed by atoms with Crippen molar-refractivity contribution in [2.75, 3.05) is 17.2 Å². The molecule has 0 fully saturated rings. The molecule has 12 heteroatoms. The molecule has 210 valence electrons. The van der Waals surface area contributed by atoms with Gasteiger partial charge < -0.3 is 20.8 Å². The topological polar surface area (TPSA) is 148 Å². The lowest BCUT2D eigenvalue weighted by atomic mass is 10.1. The van der Waals surface area contributed by atoms with Crippen LogP contribution in [-0.4, -0.2) is 42.5 Å². The van der Waals surface area contributed by atoms with Gasteiger partial charge in [-0.3, -0.25) is 28.1 Å². The lowest BCUT2D eigenvalue weighted by Crippen LogP contribution is -2.42. The van der Waals surface area contributed by atoms with Crippen LogP contribution in [0.25, 0.3) is 16.6 Å². The fourth-order valence-electron chi connectivity index (χ4n) is 4.57. The number of nitrogens with one attached hydrogen (secondary N) is 2. The summed E-state index contributed by atoms with van der Waals surface area (Å²) in [7, 11) is 1.43. The number of halogens is 1. The molecule has 0 radical (unpaired) electrons. The molecule has 0 aliphatic rings. The number of carbonyl (C=O) groups is 1. The highest BCUT2D eigenvalue weighted by Gasteiger charge is 2.24. The van der Waals surface area contributed by atoms with Gasteiger partial charge in [0.2, 0.25) is 5.91 Å². The number of pyridine rings is 1. The van der Waals surface area contributed by atoms with E-state index >= 15 is 0 Å². The number of aryl methyl sites for hydroxylation is 2. The number of aromatic nitrogens is 3. The molecule has 0 saturated carbocycles. The molecule has 2 aromatic heterocycles. The van der Waals surface area contributed by atoms with Gasteiger partial charge in [-0.05, 0) is 56.2 Å². The SMILES string of the molecule is CC(=O)Nc1cccc(-n2c(=O)n(CC[C@H](O)CO)c(=O)c3c(Nc4ccc(C)cc4F)n(C)c(=O)c(C)c32)c1. The normalized spacial score (nSPS) is 12.0. The molecular weight excluding hydrogens is 521 g/mol. The van der Waals surface area contributed by atoms with E-state index in [1.165, 1.54) is 48.2 Å². The van der Waals surface area contributed by atoms with E-state index in [0.717, 1.165) is 4.57 Å². The summed E-state index contributed by atoms with van der Waals surface area (Å²) in [6.07, 6.45) is -1.29. The zero-order valence-electron chi connectivity index (χ0n) is 22.5. The van der Waals surface area contributed by atoms with Gasteiger partial charge >= 0.3 is 5.69 Å². The van der Waals surface area contributed by atoms with Crippen molar-refractivity contribution in [3.05, 3.63) is 90.6 Å². The van der Waals surface area contributed by atoms with Crippen LogP contribution in [0.15, 0.2) is 56.8 Å². The van der Waals surface area contributed by atoms with E-state index in [0.29, 0.717) is 11.3 Å². The van der Waals surface area contributed by atoms with Gasteiger partial charge in [-0.1, -0.05) is 12.1 Å². The molecule has 11 nitrogen and oxygen atoms in total. The summed E-state index contributed by atoms with van der Waals surface area (Å²) in [5.41, 5.74) is -0.690. The van der Waals surface area contributed by atoms with Gasteiger partial charge in [0, 0.05) is 31.8 Å². The van der Waals surface area contributed by atoms with Gasteiger partial charge in [-0.15, -0.1) is 0 Å². The van der Waals surface area contributed by atoms with Crippen molar-refractivity contribution in [1.82, 2.24) is 13.7 Å². The van der Waals surface area contributed by atoms with Crippen LogP contribution in [0, 0.1) is 19.7 Å². The third-order valence-electron chi connectivity index (χ3n) is 6.59. The van der Waals surface area contributed by atoms with Gasteiger partial charge in [0.25, 0.3) is 11.1 Å². The predicted molar refractivity (Wildman–Crippen MR) is 150 cm³/mol. The van der Waals surface area contributed by atoms with Gasteiger partial charge in [0.1, 0.15) is 17.0 Å². The Morgan fingerprint density at radius 1 is 1.07 bits per heavy atom. The summed E-state index contributed by atoms with van der Waals surface area (Å²) in [5, 5.41) is 24.7. The van der Waals surface area contributed by atoms with Crippen LogP contribution in [-0.2, 0) is 18.4 Å². The molecule has 40 heavy (non-hydrogen) atoms. The van der Waals surface area contributed by atoms with E-state index in [-0.39, 0.29) is 52.5 Å². The maximum absolute atomic E-state index is 14.9. The van der Waals surface area contributed by atoms with E-state index in [1.807, 2.05) is 0 Å². The largest absolute Gasteiger partial charge is 0.394 e. The van der Waals surface area contributed by atoms with Crippen LogP contribution in [0.2, 0.25) is 0 Å². The molecule has 0 saturated heterocycles. The molecule has 0 spiro atoms. The summed E-state index contributed by atoms with van der Waals surface area (Å²) in [6, 6.07) is 10.7. The second kappa shape index (κ2) is 11.3. The number of hydrogen-bond acceptors (Lipinski definition) is 7. The number of fused-ring (bicyclic) bond motifs is 1. The van der Waals surface area contributed by atoms with Gasteiger partial charge in [-0.25, -0.2) is 9.18 Å². The van der Waals surface area contributed by atoms with Crippen LogP contribution >= 0.6 is 0 Å². The average molecular weight is 552 g/mol. The number of benzene rings is 2. The summed E-state index contributed by atoms with van der Waals surface area (Å²) in [4.78, 5) is 52.8. The zero-order valence-corrected chi connectivity index (χ0v) is 22.5. The summed E-state index contributed by atoms with van der Waals surface area (Å²) in [5.74, 6) is -0.987. The summed E-state index contributed by atoms with van der Waals surface area (Å²) in [6.45, 7) is 3.71. The first-order valence-electron chi connectivity index (χ1n) is 12.5. The van der Waals surface area contributed by atoms with Crippen LogP contribution in [0.4, 0.5) is 21.6 Å². The third kappa shape index (κ3) is 5.31. The minimum absolute atomic E-state index is 0.00653. The maximum Gasteiger partial charge on any atom is 0.336 e. The molecule has 2 aromatic carbocycles. The zero-order chi connectivity index (χ0) is 29.3. The second-order valence-corrected chi connectivity index (χ2v) is 9.60. The number of hydrogen-bond donors (Lipinski definition) is 4. The Morgan fingerprint density at radius 2 is 1.80 bits per heavy atom. The van der Waals surface area contributed by atoms with Gasteiger partial charge in [0.15, 0.2) is 0 Å². The van der Waals surface area contributed by atoms with Crippen molar-refractivity contribution in [2.24, 2.45) is 7.05 Å². The molecular formula is C28H30FN5O6. The molecule has 4 aromatic rings.